The number of nitrogens with zero attached hydrogens (tertiary/aromatic N) is 2. The van der Waals surface area contributed by atoms with E-state index in [1.54, 1.807) is 6.07 Å². The van der Waals surface area contributed by atoms with E-state index in [1.165, 1.54) is 30.8 Å². The molecule has 1 atom stereocenters. The van der Waals surface area contributed by atoms with E-state index in [9.17, 15) is 0 Å². The van der Waals surface area contributed by atoms with Crippen LogP contribution < -0.4 is 21.1 Å². The molecule has 5 N–H and O–H groups in total. The van der Waals surface area contributed by atoms with Gasteiger partial charge in [-0.2, -0.15) is 0 Å². The highest BCUT2D eigenvalue weighted by molar-refractivity contribution is 5.66. The Balaban J connectivity index is 0.000000154. The molecular weight excluding hydrogens is 280 g/mol. The van der Waals surface area contributed by atoms with Gasteiger partial charge in [0.1, 0.15) is 12.4 Å². The van der Waals surface area contributed by atoms with Crippen molar-refractivity contribution in [1.29, 1.82) is 0 Å². The lowest BCUT2D eigenvalue weighted by atomic mass is 10.1. The van der Waals surface area contributed by atoms with Crippen molar-refractivity contribution in [3.63, 3.8) is 0 Å². The lowest BCUT2D eigenvalue weighted by Crippen LogP contribution is -2.38. The molecule has 116 valence electrons. The van der Waals surface area contributed by atoms with Crippen LogP contribution in [0.2, 0.25) is 0 Å². The number of ether oxygens (including phenoxy) is 1. The van der Waals surface area contributed by atoms with E-state index < -0.39 is 0 Å². The number of rotatable bonds is 0. The summed E-state index contributed by atoms with van der Waals surface area (Å²) >= 11 is 0. The van der Waals surface area contributed by atoms with Crippen molar-refractivity contribution in [3.8, 4) is 11.5 Å². The van der Waals surface area contributed by atoms with E-state index in [0.717, 1.165) is 24.6 Å². The number of pyridine rings is 1. The normalized spacial score (nSPS) is 18.5. The van der Waals surface area contributed by atoms with E-state index in [2.05, 4.69) is 16.0 Å². The highest BCUT2D eigenvalue weighted by Crippen LogP contribution is 2.38. The summed E-state index contributed by atoms with van der Waals surface area (Å²) in [6, 6.07) is 9.63. The second-order valence-electron chi connectivity index (χ2n) is 5.44. The zero-order chi connectivity index (χ0) is 15.5. The molecule has 2 aliphatic rings. The van der Waals surface area contributed by atoms with Crippen LogP contribution >= 0.6 is 0 Å². The fourth-order valence-corrected chi connectivity index (χ4v) is 2.80. The molecule has 1 aromatic heterocycles. The summed E-state index contributed by atoms with van der Waals surface area (Å²) in [5.74, 6) is 1.16. The predicted molar refractivity (Wildman–Crippen MR) is 87.0 cm³/mol. The number of aromatic hydroxyl groups is 1. The first kappa shape index (κ1) is 14.3. The Hall–Kier alpha value is -2.63. The lowest BCUT2D eigenvalue weighted by Gasteiger charge is -2.33. The summed E-state index contributed by atoms with van der Waals surface area (Å²) in [5.41, 5.74) is 12.9. The minimum Gasteiger partial charge on any atom is -0.504 e. The molecule has 6 heteroatoms. The van der Waals surface area contributed by atoms with Crippen LogP contribution in [0, 0.1) is 0 Å². The molecule has 1 unspecified atom stereocenters. The molecule has 0 saturated carbocycles. The number of hydrogen-bond acceptors (Lipinski definition) is 6. The molecule has 0 spiro atoms. The summed E-state index contributed by atoms with van der Waals surface area (Å²) in [6.45, 7) is 1.97. The SMILES string of the molecule is Nc1ccc2c(c1)OCC1CCCN21.Nc1ncccc1O. The maximum absolute atomic E-state index is 8.73. The predicted octanol–water partition coefficient (Wildman–Crippen LogP) is 2.00. The topological polar surface area (TPSA) is 97.6 Å². The zero-order valence-electron chi connectivity index (χ0n) is 12.3. The average Bonchev–Trinajstić information content (AvgIpc) is 2.99. The van der Waals surface area contributed by atoms with Gasteiger partial charge in [0.15, 0.2) is 11.6 Å². The maximum atomic E-state index is 8.73. The first-order chi connectivity index (χ1) is 10.6. The van der Waals surface area contributed by atoms with Gasteiger partial charge in [0.05, 0.1) is 11.7 Å². The standard InChI is InChI=1S/C11H14N2O.C5H6N2O/c12-8-3-4-10-11(6-8)14-7-9-2-1-5-13(9)10;6-5-4(8)2-1-3-7-5/h3-4,6,9H,1-2,5,7,12H2;1-3,8H,(H2,6,7). The Morgan fingerprint density at radius 1 is 1.27 bits per heavy atom. The second kappa shape index (κ2) is 6.01. The van der Waals surface area contributed by atoms with E-state index >= 15 is 0 Å². The van der Waals surface area contributed by atoms with Crippen LogP contribution in [0.5, 0.6) is 11.5 Å². The minimum absolute atomic E-state index is 0.0347. The Bertz CT molecular complexity index is 641. The fraction of sp³-hybridized carbons (Fsp3) is 0.312. The summed E-state index contributed by atoms with van der Waals surface area (Å²) in [7, 11) is 0. The van der Waals surface area contributed by atoms with Crippen molar-refractivity contribution in [2.75, 3.05) is 29.5 Å². The van der Waals surface area contributed by atoms with Crippen molar-refractivity contribution in [1.82, 2.24) is 4.98 Å². The van der Waals surface area contributed by atoms with Gasteiger partial charge in [0, 0.05) is 24.5 Å². The Labute approximate surface area is 129 Å². The lowest BCUT2D eigenvalue weighted by molar-refractivity contribution is 0.272. The van der Waals surface area contributed by atoms with Crippen LogP contribution in [-0.2, 0) is 0 Å². The van der Waals surface area contributed by atoms with Gasteiger partial charge < -0.3 is 26.2 Å². The first-order valence-electron chi connectivity index (χ1n) is 7.33. The molecule has 0 amide bonds. The van der Waals surface area contributed by atoms with Crippen LogP contribution in [0.1, 0.15) is 12.8 Å². The number of anilines is 3. The molecule has 4 rings (SSSR count). The molecule has 1 fully saturated rings. The molecular formula is C16H20N4O2. The largest absolute Gasteiger partial charge is 0.504 e. The van der Waals surface area contributed by atoms with E-state index in [-0.39, 0.29) is 11.6 Å². The van der Waals surface area contributed by atoms with Gasteiger partial charge in [0.2, 0.25) is 0 Å². The van der Waals surface area contributed by atoms with Crippen molar-refractivity contribution in [3.05, 3.63) is 36.5 Å². The molecule has 0 bridgehead atoms. The number of nitrogens with two attached hydrogens (primary N) is 2. The number of nitrogen functional groups attached to an aromatic ring is 2. The molecule has 1 aromatic carbocycles. The van der Waals surface area contributed by atoms with E-state index in [1.807, 2.05) is 12.1 Å². The third-order valence-corrected chi connectivity index (χ3v) is 3.92. The van der Waals surface area contributed by atoms with Crippen molar-refractivity contribution in [2.24, 2.45) is 0 Å². The van der Waals surface area contributed by atoms with Crippen molar-refractivity contribution in [2.45, 2.75) is 18.9 Å². The molecule has 3 heterocycles. The van der Waals surface area contributed by atoms with E-state index in [4.69, 9.17) is 21.3 Å². The maximum Gasteiger partial charge on any atom is 0.165 e. The molecule has 6 nitrogen and oxygen atoms in total. The fourth-order valence-electron chi connectivity index (χ4n) is 2.80. The highest BCUT2D eigenvalue weighted by Gasteiger charge is 2.31. The van der Waals surface area contributed by atoms with Crippen LogP contribution in [-0.4, -0.2) is 29.3 Å². The first-order valence-corrected chi connectivity index (χ1v) is 7.33. The molecule has 2 aliphatic heterocycles. The highest BCUT2D eigenvalue weighted by atomic mass is 16.5. The Kier molecular flexibility index (Phi) is 3.91. The van der Waals surface area contributed by atoms with Gasteiger partial charge in [-0.3, -0.25) is 0 Å². The van der Waals surface area contributed by atoms with Gasteiger partial charge in [-0.05, 0) is 37.1 Å². The number of hydrogen-bond donors (Lipinski definition) is 3. The smallest absolute Gasteiger partial charge is 0.165 e. The van der Waals surface area contributed by atoms with Crippen LogP contribution in [0.15, 0.2) is 36.5 Å². The average molecular weight is 300 g/mol. The summed E-state index contributed by atoms with van der Waals surface area (Å²) in [6.07, 6.45) is 4.05. The van der Waals surface area contributed by atoms with Gasteiger partial charge in [0.25, 0.3) is 0 Å². The molecule has 0 radical (unpaired) electrons. The molecule has 1 saturated heterocycles. The Morgan fingerprint density at radius 3 is 2.86 bits per heavy atom. The number of fused-ring (bicyclic) bond motifs is 3. The van der Waals surface area contributed by atoms with Gasteiger partial charge >= 0.3 is 0 Å². The van der Waals surface area contributed by atoms with E-state index in [0.29, 0.717) is 6.04 Å². The second-order valence-corrected chi connectivity index (χ2v) is 5.44. The zero-order valence-corrected chi connectivity index (χ0v) is 12.3. The quantitative estimate of drug-likeness (QED) is 0.644. The molecule has 22 heavy (non-hydrogen) atoms. The van der Waals surface area contributed by atoms with Crippen molar-refractivity contribution < 1.29 is 9.84 Å². The van der Waals surface area contributed by atoms with Gasteiger partial charge in [-0.25, -0.2) is 4.98 Å². The number of benzene rings is 1. The van der Waals surface area contributed by atoms with Gasteiger partial charge in [-0.1, -0.05) is 0 Å². The Morgan fingerprint density at radius 2 is 2.14 bits per heavy atom. The summed E-state index contributed by atoms with van der Waals surface area (Å²) < 4.78 is 5.70. The van der Waals surface area contributed by atoms with Crippen LogP contribution in [0.4, 0.5) is 17.2 Å². The third-order valence-electron chi connectivity index (χ3n) is 3.92. The molecule has 2 aromatic rings. The number of aromatic nitrogens is 1. The van der Waals surface area contributed by atoms with Crippen LogP contribution in [0.3, 0.4) is 0 Å². The summed E-state index contributed by atoms with van der Waals surface area (Å²) in [4.78, 5) is 6.05. The monoisotopic (exact) mass is 300 g/mol. The van der Waals surface area contributed by atoms with Crippen LogP contribution in [0.25, 0.3) is 0 Å². The van der Waals surface area contributed by atoms with Gasteiger partial charge in [-0.15, -0.1) is 0 Å². The van der Waals surface area contributed by atoms with Crippen molar-refractivity contribution >= 4 is 17.2 Å². The minimum atomic E-state index is 0.0347. The third kappa shape index (κ3) is 2.86. The summed E-state index contributed by atoms with van der Waals surface area (Å²) in [5, 5.41) is 8.73. The molecule has 0 aliphatic carbocycles.